The van der Waals surface area contributed by atoms with Crippen molar-refractivity contribution in [1.82, 2.24) is 24.6 Å². The monoisotopic (exact) mass is 265 g/mol. The van der Waals surface area contributed by atoms with Crippen molar-refractivity contribution in [2.45, 2.75) is 13.0 Å². The molecule has 0 unspecified atom stereocenters. The number of fused-ring (bicyclic) bond motifs is 1. The van der Waals surface area contributed by atoms with Crippen LogP contribution in [0.4, 0.5) is 0 Å². The Kier molecular flexibility index (Phi) is 2.59. The van der Waals surface area contributed by atoms with Crippen molar-refractivity contribution in [2.75, 3.05) is 6.54 Å². The van der Waals surface area contributed by atoms with Gasteiger partial charge in [0.1, 0.15) is 5.69 Å². The van der Waals surface area contributed by atoms with Gasteiger partial charge in [-0.1, -0.05) is 11.6 Å². The molecule has 1 aliphatic rings. The lowest BCUT2D eigenvalue weighted by molar-refractivity contribution is 0.0720. The van der Waals surface area contributed by atoms with E-state index in [2.05, 4.69) is 15.1 Å². The lowest BCUT2D eigenvalue weighted by Gasteiger charge is -2.26. The number of carbonyl (C=O) groups excluding carboxylic acids is 1. The first-order chi connectivity index (χ1) is 8.65. The smallest absolute Gasteiger partial charge is 0.272 e. The lowest BCUT2D eigenvalue weighted by Crippen LogP contribution is -2.37. The summed E-state index contributed by atoms with van der Waals surface area (Å²) in [6.45, 7) is 1.22. The molecule has 0 bridgehead atoms. The molecule has 1 amide bonds. The molecule has 0 aliphatic carbocycles. The van der Waals surface area contributed by atoms with Gasteiger partial charge in [-0.2, -0.15) is 5.10 Å². The molecule has 3 heterocycles. The fourth-order valence-corrected chi connectivity index (χ4v) is 2.40. The minimum atomic E-state index is -0.0582. The number of halogens is 1. The fourth-order valence-electron chi connectivity index (χ4n) is 2.18. The average Bonchev–Trinajstić information content (AvgIpc) is 2.93. The molecule has 3 rings (SSSR count). The Morgan fingerprint density at radius 1 is 1.56 bits per heavy atom. The van der Waals surface area contributed by atoms with Crippen molar-refractivity contribution in [3.63, 3.8) is 0 Å². The van der Waals surface area contributed by atoms with Crippen molar-refractivity contribution in [2.24, 2.45) is 7.05 Å². The molecular formula is C11H12ClN5O. The van der Waals surface area contributed by atoms with E-state index < -0.39 is 0 Å². The van der Waals surface area contributed by atoms with Crippen LogP contribution in [-0.4, -0.2) is 37.1 Å². The van der Waals surface area contributed by atoms with Gasteiger partial charge in [0.25, 0.3) is 5.91 Å². The summed E-state index contributed by atoms with van der Waals surface area (Å²) < 4.78 is 1.51. The van der Waals surface area contributed by atoms with E-state index in [-0.39, 0.29) is 5.91 Å². The highest BCUT2D eigenvalue weighted by molar-refractivity contribution is 6.29. The zero-order valence-corrected chi connectivity index (χ0v) is 10.6. The van der Waals surface area contributed by atoms with E-state index in [1.807, 2.05) is 0 Å². The number of hydrogen-bond donors (Lipinski definition) is 1. The predicted molar refractivity (Wildman–Crippen MR) is 65.3 cm³/mol. The standard InChI is InChI=1S/C11H12ClN5O/c1-16-9(4-10(12)15-16)11(18)17-3-2-7-8(5-17)14-6-13-7/h4,6H,2-3,5H2,1H3,(H,13,14). The Bertz CT molecular complexity index is 602. The number of aromatic amines is 1. The molecule has 2 aromatic rings. The number of nitrogens with zero attached hydrogens (tertiary/aromatic N) is 4. The third-order valence-corrected chi connectivity index (χ3v) is 3.32. The van der Waals surface area contributed by atoms with E-state index in [4.69, 9.17) is 11.6 Å². The van der Waals surface area contributed by atoms with Gasteiger partial charge in [0.15, 0.2) is 5.15 Å². The molecule has 0 saturated heterocycles. The highest BCUT2D eigenvalue weighted by Crippen LogP contribution is 2.18. The summed E-state index contributed by atoms with van der Waals surface area (Å²) in [6, 6.07) is 1.59. The Labute approximate surface area is 109 Å². The molecular weight excluding hydrogens is 254 g/mol. The fraction of sp³-hybridized carbons (Fsp3) is 0.364. The van der Waals surface area contributed by atoms with Crippen molar-refractivity contribution in [3.05, 3.63) is 34.6 Å². The number of imidazole rings is 1. The molecule has 2 aromatic heterocycles. The molecule has 1 N–H and O–H groups in total. The number of aryl methyl sites for hydroxylation is 1. The zero-order chi connectivity index (χ0) is 12.7. The third kappa shape index (κ3) is 1.78. The first kappa shape index (κ1) is 11.3. The molecule has 0 aromatic carbocycles. The van der Waals surface area contributed by atoms with Gasteiger partial charge in [0.2, 0.25) is 0 Å². The first-order valence-corrected chi connectivity index (χ1v) is 6.03. The highest BCUT2D eigenvalue weighted by atomic mass is 35.5. The summed E-state index contributed by atoms with van der Waals surface area (Å²) in [7, 11) is 1.71. The maximum atomic E-state index is 12.3. The van der Waals surface area contributed by atoms with Gasteiger partial charge in [0, 0.05) is 26.1 Å². The molecule has 18 heavy (non-hydrogen) atoms. The minimum absolute atomic E-state index is 0.0582. The molecule has 0 spiro atoms. The topological polar surface area (TPSA) is 66.8 Å². The van der Waals surface area contributed by atoms with E-state index in [1.54, 1.807) is 24.3 Å². The summed E-state index contributed by atoms with van der Waals surface area (Å²) in [6.07, 6.45) is 2.44. The summed E-state index contributed by atoms with van der Waals surface area (Å²) in [4.78, 5) is 21.4. The maximum Gasteiger partial charge on any atom is 0.272 e. The highest BCUT2D eigenvalue weighted by Gasteiger charge is 2.25. The van der Waals surface area contributed by atoms with Crippen LogP contribution in [0.3, 0.4) is 0 Å². The van der Waals surface area contributed by atoms with Gasteiger partial charge >= 0.3 is 0 Å². The molecule has 94 valence electrons. The Morgan fingerprint density at radius 3 is 3.11 bits per heavy atom. The van der Waals surface area contributed by atoms with Gasteiger partial charge in [-0.3, -0.25) is 9.48 Å². The van der Waals surface area contributed by atoms with Crippen molar-refractivity contribution in [3.8, 4) is 0 Å². The summed E-state index contributed by atoms with van der Waals surface area (Å²) in [5, 5.41) is 4.31. The number of rotatable bonds is 1. The molecule has 0 fully saturated rings. The van der Waals surface area contributed by atoms with Crippen LogP contribution in [0.25, 0.3) is 0 Å². The second kappa shape index (κ2) is 4.13. The number of nitrogens with one attached hydrogen (secondary N) is 1. The SMILES string of the molecule is Cn1nc(Cl)cc1C(=O)N1CCc2nc[nH]c2C1. The Hall–Kier alpha value is -1.82. The van der Waals surface area contributed by atoms with Crippen molar-refractivity contribution in [1.29, 1.82) is 0 Å². The van der Waals surface area contributed by atoms with Crippen LogP contribution < -0.4 is 0 Å². The van der Waals surface area contributed by atoms with Crippen LogP contribution in [0.2, 0.25) is 5.15 Å². The minimum Gasteiger partial charge on any atom is -0.347 e. The third-order valence-electron chi connectivity index (χ3n) is 3.13. The van der Waals surface area contributed by atoms with Crippen LogP contribution in [0.5, 0.6) is 0 Å². The molecule has 7 heteroatoms. The number of carbonyl (C=O) groups is 1. The van der Waals surface area contributed by atoms with Gasteiger partial charge < -0.3 is 9.88 Å². The molecule has 0 atom stereocenters. The van der Waals surface area contributed by atoms with E-state index in [0.29, 0.717) is 23.9 Å². The molecule has 0 radical (unpaired) electrons. The number of amides is 1. The summed E-state index contributed by atoms with van der Waals surface area (Å²) in [5.41, 5.74) is 2.55. The first-order valence-electron chi connectivity index (χ1n) is 5.65. The Balaban J connectivity index is 1.85. The van der Waals surface area contributed by atoms with E-state index in [9.17, 15) is 4.79 Å². The van der Waals surface area contributed by atoms with E-state index in [0.717, 1.165) is 17.8 Å². The van der Waals surface area contributed by atoms with Gasteiger partial charge in [-0.25, -0.2) is 4.98 Å². The second-order valence-electron chi connectivity index (χ2n) is 4.28. The van der Waals surface area contributed by atoms with Gasteiger partial charge in [-0.15, -0.1) is 0 Å². The van der Waals surface area contributed by atoms with Gasteiger partial charge in [0.05, 0.1) is 24.3 Å². The van der Waals surface area contributed by atoms with Crippen LogP contribution in [-0.2, 0) is 20.0 Å². The van der Waals surface area contributed by atoms with Crippen LogP contribution in [0.15, 0.2) is 12.4 Å². The summed E-state index contributed by atoms with van der Waals surface area (Å²) >= 11 is 5.79. The second-order valence-corrected chi connectivity index (χ2v) is 4.67. The largest absolute Gasteiger partial charge is 0.347 e. The maximum absolute atomic E-state index is 12.3. The zero-order valence-electron chi connectivity index (χ0n) is 9.85. The quantitative estimate of drug-likeness (QED) is 0.836. The van der Waals surface area contributed by atoms with Crippen LogP contribution in [0, 0.1) is 0 Å². The predicted octanol–water partition coefficient (Wildman–Crippen LogP) is 0.995. The average molecular weight is 266 g/mol. The Morgan fingerprint density at radius 2 is 2.39 bits per heavy atom. The number of hydrogen-bond acceptors (Lipinski definition) is 3. The number of aromatic nitrogens is 4. The molecule has 6 nitrogen and oxygen atoms in total. The van der Waals surface area contributed by atoms with Crippen LogP contribution in [0.1, 0.15) is 21.9 Å². The van der Waals surface area contributed by atoms with E-state index >= 15 is 0 Å². The number of H-pyrrole nitrogens is 1. The normalized spacial score (nSPS) is 14.7. The van der Waals surface area contributed by atoms with Gasteiger partial charge in [-0.05, 0) is 0 Å². The van der Waals surface area contributed by atoms with Crippen LogP contribution >= 0.6 is 11.6 Å². The molecule has 1 aliphatic heterocycles. The van der Waals surface area contributed by atoms with Crippen molar-refractivity contribution >= 4 is 17.5 Å². The summed E-state index contributed by atoms with van der Waals surface area (Å²) in [5.74, 6) is -0.0582. The molecule has 0 saturated carbocycles. The van der Waals surface area contributed by atoms with Crippen molar-refractivity contribution < 1.29 is 4.79 Å². The lowest BCUT2D eigenvalue weighted by atomic mass is 10.1. The van der Waals surface area contributed by atoms with E-state index in [1.165, 1.54) is 4.68 Å².